The largest absolute Gasteiger partial charge is 0.369 e. The lowest BCUT2D eigenvalue weighted by atomic mass is 10.2. The van der Waals surface area contributed by atoms with Gasteiger partial charge in [0.05, 0.1) is 33.8 Å². The molecule has 4 rings (SSSR count). The highest BCUT2D eigenvalue weighted by molar-refractivity contribution is 7.89. The highest BCUT2D eigenvalue weighted by Crippen LogP contribution is 2.30. The number of nitrogens with one attached hydrogen (secondary N) is 2. The lowest BCUT2D eigenvalue weighted by Crippen LogP contribution is -2.26. The van der Waals surface area contributed by atoms with E-state index in [1.165, 1.54) is 24.1 Å². The van der Waals surface area contributed by atoms with Gasteiger partial charge in [-0.3, -0.25) is 0 Å². The maximum absolute atomic E-state index is 12.2. The molecule has 2 N–H and O–H groups in total. The number of H-pyrrole nitrogens is 1. The van der Waals surface area contributed by atoms with Gasteiger partial charge >= 0.3 is 0 Å². The smallest absolute Gasteiger partial charge is 0.242 e. The van der Waals surface area contributed by atoms with Gasteiger partial charge in [0.2, 0.25) is 10.0 Å². The molecule has 0 saturated carbocycles. The quantitative estimate of drug-likeness (QED) is 0.625. The lowest BCUT2D eigenvalue weighted by molar-refractivity contribution is 0.521. The zero-order valence-electron chi connectivity index (χ0n) is 16.8. The molecule has 0 aliphatic carbocycles. The number of nitrogens with zero attached hydrogens (tertiary/aromatic N) is 4. The molecule has 0 bridgehead atoms. The second kappa shape index (κ2) is 8.25. The van der Waals surface area contributed by atoms with Gasteiger partial charge in [0.1, 0.15) is 5.82 Å². The normalized spacial score (nSPS) is 14.5. The van der Waals surface area contributed by atoms with Crippen LogP contribution < -0.4 is 10.2 Å². The molecule has 0 unspecified atom stereocenters. The first-order chi connectivity index (χ1) is 14.3. The highest BCUT2D eigenvalue weighted by atomic mass is 35.5. The minimum absolute atomic E-state index is 0.240. The minimum Gasteiger partial charge on any atom is -0.369 e. The Morgan fingerprint density at radius 2 is 1.87 bits per heavy atom. The van der Waals surface area contributed by atoms with E-state index in [0.717, 1.165) is 43.0 Å². The molecule has 30 heavy (non-hydrogen) atoms. The Kier molecular flexibility index (Phi) is 5.68. The van der Waals surface area contributed by atoms with Crippen molar-refractivity contribution in [1.82, 2.24) is 19.3 Å². The van der Waals surface area contributed by atoms with E-state index in [1.807, 2.05) is 6.07 Å². The minimum atomic E-state index is -3.46. The van der Waals surface area contributed by atoms with Crippen LogP contribution in [-0.4, -0.2) is 54.9 Å². The zero-order chi connectivity index (χ0) is 21.3. The van der Waals surface area contributed by atoms with Crippen LogP contribution in [0.5, 0.6) is 0 Å². The average molecular weight is 447 g/mol. The van der Waals surface area contributed by atoms with E-state index in [2.05, 4.69) is 25.2 Å². The molecule has 10 heteroatoms. The molecule has 158 valence electrons. The fourth-order valence-corrected chi connectivity index (χ4v) is 4.55. The molecule has 1 aliphatic heterocycles. The van der Waals surface area contributed by atoms with Gasteiger partial charge in [0, 0.05) is 57.5 Å². The zero-order valence-corrected chi connectivity index (χ0v) is 18.3. The fraction of sp³-hybridized carbons (Fsp3) is 0.300. The number of pyridine rings is 1. The van der Waals surface area contributed by atoms with E-state index in [-0.39, 0.29) is 4.90 Å². The maximum atomic E-state index is 12.2. The van der Waals surface area contributed by atoms with Crippen LogP contribution in [0.25, 0.3) is 0 Å². The van der Waals surface area contributed by atoms with Crippen molar-refractivity contribution in [3.8, 4) is 0 Å². The fourth-order valence-electron chi connectivity index (χ4n) is 3.43. The van der Waals surface area contributed by atoms with Crippen LogP contribution in [0.2, 0.25) is 5.02 Å². The van der Waals surface area contributed by atoms with E-state index in [1.54, 1.807) is 36.8 Å². The molecular formula is C20H23ClN6O2S. The lowest BCUT2D eigenvalue weighted by Gasteiger charge is -2.24. The third-order valence-electron chi connectivity index (χ3n) is 5.14. The second-order valence-electron chi connectivity index (χ2n) is 7.27. The molecule has 0 radical (unpaired) electrons. The van der Waals surface area contributed by atoms with Crippen molar-refractivity contribution in [3.05, 3.63) is 59.3 Å². The van der Waals surface area contributed by atoms with Gasteiger partial charge in [-0.05, 0) is 24.3 Å². The van der Waals surface area contributed by atoms with Crippen LogP contribution in [0.4, 0.5) is 17.2 Å². The molecule has 0 fully saturated rings. The molecule has 0 amide bonds. The summed E-state index contributed by atoms with van der Waals surface area (Å²) in [5.41, 5.74) is 3.93. The summed E-state index contributed by atoms with van der Waals surface area (Å²) in [6, 6.07) is 8.50. The number of aromatic amines is 1. The van der Waals surface area contributed by atoms with Crippen molar-refractivity contribution in [2.45, 2.75) is 17.7 Å². The Hall–Kier alpha value is -2.62. The first kappa shape index (κ1) is 20.6. The highest BCUT2D eigenvalue weighted by Gasteiger charge is 2.19. The predicted octanol–water partition coefficient (Wildman–Crippen LogP) is 3.06. The number of sulfonamides is 1. The van der Waals surface area contributed by atoms with Crippen LogP contribution in [-0.2, 0) is 22.9 Å². The van der Waals surface area contributed by atoms with E-state index in [0.29, 0.717) is 10.8 Å². The summed E-state index contributed by atoms with van der Waals surface area (Å²) in [6.45, 7) is 1.65. The van der Waals surface area contributed by atoms with Crippen LogP contribution in [0.3, 0.4) is 0 Å². The molecular weight excluding hydrogens is 424 g/mol. The number of benzene rings is 1. The number of aromatic nitrogens is 3. The Labute approximate surface area is 181 Å². The third-order valence-corrected chi connectivity index (χ3v) is 7.26. The monoisotopic (exact) mass is 446 g/mol. The van der Waals surface area contributed by atoms with Crippen LogP contribution in [0, 0.1) is 0 Å². The molecule has 1 aromatic carbocycles. The summed E-state index contributed by atoms with van der Waals surface area (Å²) in [7, 11) is -0.436. The number of anilines is 3. The van der Waals surface area contributed by atoms with Crippen molar-refractivity contribution in [2.75, 3.05) is 37.4 Å². The molecule has 1 aliphatic rings. The second-order valence-corrected chi connectivity index (χ2v) is 9.83. The van der Waals surface area contributed by atoms with E-state index in [4.69, 9.17) is 11.6 Å². The first-order valence-electron chi connectivity index (χ1n) is 9.56. The van der Waals surface area contributed by atoms with Gasteiger partial charge in [-0.1, -0.05) is 11.6 Å². The Balaban J connectivity index is 1.52. The van der Waals surface area contributed by atoms with Crippen molar-refractivity contribution in [3.63, 3.8) is 0 Å². The maximum Gasteiger partial charge on any atom is 0.242 e. The molecule has 0 atom stereocenters. The number of fused-ring (bicyclic) bond motifs is 1. The predicted molar refractivity (Wildman–Crippen MR) is 118 cm³/mol. The molecule has 2 aromatic heterocycles. The van der Waals surface area contributed by atoms with Gasteiger partial charge in [-0.25, -0.2) is 22.7 Å². The summed E-state index contributed by atoms with van der Waals surface area (Å²) >= 11 is 6.44. The number of hydrogen-bond donors (Lipinski definition) is 2. The molecule has 3 heterocycles. The average Bonchev–Trinajstić information content (AvgIpc) is 3.08. The number of imidazole rings is 1. The van der Waals surface area contributed by atoms with Crippen molar-refractivity contribution in [2.24, 2.45) is 0 Å². The number of rotatable bonds is 5. The number of hydrogen-bond acceptors (Lipinski definition) is 6. The molecule has 3 aromatic rings. The Morgan fingerprint density at radius 1 is 1.13 bits per heavy atom. The van der Waals surface area contributed by atoms with E-state index >= 15 is 0 Å². The van der Waals surface area contributed by atoms with Gasteiger partial charge in [0.25, 0.3) is 0 Å². The van der Waals surface area contributed by atoms with Gasteiger partial charge in [-0.2, -0.15) is 0 Å². The molecule has 0 saturated heterocycles. The summed E-state index contributed by atoms with van der Waals surface area (Å²) in [5.74, 6) is 0.638. The van der Waals surface area contributed by atoms with E-state index in [9.17, 15) is 8.42 Å². The summed E-state index contributed by atoms with van der Waals surface area (Å²) < 4.78 is 25.6. The Bertz CT molecular complexity index is 1120. The van der Waals surface area contributed by atoms with Crippen molar-refractivity contribution in [1.29, 1.82) is 0 Å². The summed E-state index contributed by atoms with van der Waals surface area (Å²) in [4.78, 5) is 14.4. The van der Waals surface area contributed by atoms with Crippen molar-refractivity contribution >= 4 is 38.8 Å². The van der Waals surface area contributed by atoms with Gasteiger partial charge in [0.15, 0.2) is 0 Å². The molecule has 0 spiro atoms. The standard InChI is InChI=1S/C20H23ClN6O2S/c1-26(2)30(28,29)15-5-3-14(4-6-15)25-20-11-19(16(21)12-22-20)27-9-7-17-18(8-10-27)24-13-23-17/h3-6,11-13H,7-10H2,1-2H3,(H,22,25)(H,23,24). The molecule has 8 nitrogen and oxygen atoms in total. The van der Waals surface area contributed by atoms with Crippen LogP contribution >= 0.6 is 11.6 Å². The Morgan fingerprint density at radius 3 is 2.60 bits per heavy atom. The summed E-state index contributed by atoms with van der Waals surface area (Å²) in [5, 5.41) is 3.81. The van der Waals surface area contributed by atoms with Crippen LogP contribution in [0.15, 0.2) is 47.8 Å². The van der Waals surface area contributed by atoms with Gasteiger partial charge < -0.3 is 15.2 Å². The van der Waals surface area contributed by atoms with Gasteiger partial charge in [-0.15, -0.1) is 0 Å². The third kappa shape index (κ3) is 4.14. The summed E-state index contributed by atoms with van der Waals surface area (Å²) in [6.07, 6.45) is 5.10. The number of halogens is 1. The topological polar surface area (TPSA) is 94.2 Å². The SMILES string of the molecule is CN(C)S(=O)(=O)c1ccc(Nc2cc(N3CCc4nc[nH]c4CC3)c(Cl)cn2)cc1. The van der Waals surface area contributed by atoms with Crippen LogP contribution in [0.1, 0.15) is 11.4 Å². The van der Waals surface area contributed by atoms with Crippen molar-refractivity contribution < 1.29 is 8.42 Å². The first-order valence-corrected chi connectivity index (χ1v) is 11.4. The van der Waals surface area contributed by atoms with E-state index < -0.39 is 10.0 Å².